The average molecular weight is 559 g/mol. The molecule has 1 aliphatic heterocycles. The summed E-state index contributed by atoms with van der Waals surface area (Å²) in [5.74, 6) is 0.459. The minimum absolute atomic E-state index is 0.109. The van der Waals surface area contributed by atoms with E-state index in [9.17, 15) is 19.8 Å². The molecule has 0 spiro atoms. The quantitative estimate of drug-likeness (QED) is 0.503. The first-order valence-electron chi connectivity index (χ1n) is 15.4. The average Bonchev–Trinajstić information content (AvgIpc) is 3.21. The van der Waals surface area contributed by atoms with Crippen molar-refractivity contribution in [2.24, 2.45) is 22.7 Å². The van der Waals surface area contributed by atoms with Crippen LogP contribution < -0.4 is 10.9 Å². The number of carbonyl (C=O) groups excluding carboxylic acids is 1. The molecule has 4 saturated carbocycles. The lowest BCUT2D eigenvalue weighted by Gasteiger charge is -2.66. The standard InChI is InChI=1S/C31H46N2O7/c1-28-9-5-22(40-27(35)32-13-14-33-15-17-38-18-16-33)19-30(28,36)11-7-25-24(28)6-10-29(2)23(8-12-31(25,29)37)21-3-4-26(34)39-20-21/h3-4,20,22-25,36-37H,5-19H2,1-2H3,(H,32,35)/t22-,23+,24-,25+,28+,29+,30-,31-/m0/s1. The number of ether oxygens (including phenoxy) is 2. The molecule has 0 radical (unpaired) electrons. The zero-order valence-corrected chi connectivity index (χ0v) is 24.0. The summed E-state index contributed by atoms with van der Waals surface area (Å²) in [5.41, 5.74) is -1.74. The second-order valence-electron chi connectivity index (χ2n) is 13.7. The van der Waals surface area contributed by atoms with E-state index in [0.29, 0.717) is 19.4 Å². The van der Waals surface area contributed by atoms with Crippen molar-refractivity contribution in [3.63, 3.8) is 0 Å². The Balaban J connectivity index is 1.11. The molecule has 3 N–H and O–H groups in total. The number of fused-ring (bicyclic) bond motifs is 5. The number of carbonyl (C=O) groups is 1. The largest absolute Gasteiger partial charge is 0.446 e. The first-order chi connectivity index (χ1) is 19.1. The molecule has 1 saturated heterocycles. The highest BCUT2D eigenvalue weighted by molar-refractivity contribution is 5.67. The highest BCUT2D eigenvalue weighted by Gasteiger charge is 2.70. The predicted octanol–water partition coefficient (Wildman–Crippen LogP) is 3.42. The maximum Gasteiger partial charge on any atom is 0.407 e. The van der Waals surface area contributed by atoms with Crippen molar-refractivity contribution in [2.45, 2.75) is 94.9 Å². The van der Waals surface area contributed by atoms with Crippen molar-refractivity contribution in [2.75, 3.05) is 39.4 Å². The van der Waals surface area contributed by atoms with Crippen molar-refractivity contribution >= 4 is 6.09 Å². The zero-order chi connectivity index (χ0) is 28.2. The van der Waals surface area contributed by atoms with Crippen LogP contribution >= 0.6 is 0 Å². The smallest absolute Gasteiger partial charge is 0.407 e. The Kier molecular flexibility index (Phi) is 7.33. The lowest BCUT2D eigenvalue weighted by atomic mass is 9.42. The molecule has 4 aliphatic carbocycles. The number of alkyl carbamates (subject to hydrolysis) is 1. The molecule has 0 bridgehead atoms. The van der Waals surface area contributed by atoms with Crippen LogP contribution in [-0.4, -0.2) is 77.9 Å². The fourth-order valence-corrected chi connectivity index (χ4v) is 9.72. The van der Waals surface area contributed by atoms with Gasteiger partial charge >= 0.3 is 11.7 Å². The van der Waals surface area contributed by atoms with Gasteiger partial charge in [0, 0.05) is 44.1 Å². The van der Waals surface area contributed by atoms with Crippen LogP contribution in [0, 0.1) is 22.7 Å². The molecule has 1 amide bonds. The second-order valence-corrected chi connectivity index (χ2v) is 13.7. The second kappa shape index (κ2) is 10.4. The van der Waals surface area contributed by atoms with Gasteiger partial charge in [-0.1, -0.05) is 13.8 Å². The van der Waals surface area contributed by atoms with Crippen LogP contribution in [0.25, 0.3) is 0 Å². The van der Waals surface area contributed by atoms with Crippen molar-refractivity contribution < 1.29 is 28.9 Å². The van der Waals surface area contributed by atoms with E-state index in [0.717, 1.165) is 83.4 Å². The van der Waals surface area contributed by atoms with E-state index in [-0.39, 0.29) is 40.3 Å². The molecule has 0 unspecified atom stereocenters. The van der Waals surface area contributed by atoms with E-state index in [4.69, 9.17) is 13.9 Å². The van der Waals surface area contributed by atoms with Gasteiger partial charge in [-0.15, -0.1) is 0 Å². The van der Waals surface area contributed by atoms with Gasteiger partial charge in [0.25, 0.3) is 0 Å². The summed E-state index contributed by atoms with van der Waals surface area (Å²) < 4.78 is 16.4. The zero-order valence-electron chi connectivity index (χ0n) is 24.0. The van der Waals surface area contributed by atoms with Crippen LogP contribution in [0.2, 0.25) is 0 Å². The van der Waals surface area contributed by atoms with Crippen molar-refractivity contribution in [1.82, 2.24) is 10.2 Å². The number of morpholine rings is 1. The first kappa shape index (κ1) is 28.2. The molecule has 6 rings (SSSR count). The number of amides is 1. The molecule has 222 valence electrons. The molecular formula is C31H46N2O7. The maximum absolute atomic E-state index is 12.6. The predicted molar refractivity (Wildman–Crippen MR) is 148 cm³/mol. The van der Waals surface area contributed by atoms with Crippen LogP contribution in [0.4, 0.5) is 4.79 Å². The van der Waals surface area contributed by atoms with Crippen molar-refractivity contribution in [3.05, 3.63) is 34.4 Å². The highest BCUT2D eigenvalue weighted by atomic mass is 16.6. The number of rotatable bonds is 5. The van der Waals surface area contributed by atoms with Gasteiger partial charge in [-0.25, -0.2) is 9.59 Å². The van der Waals surface area contributed by atoms with E-state index >= 15 is 0 Å². The maximum atomic E-state index is 12.6. The molecule has 0 aromatic carbocycles. The first-order valence-corrected chi connectivity index (χ1v) is 15.4. The summed E-state index contributed by atoms with van der Waals surface area (Å²) in [7, 11) is 0. The van der Waals surface area contributed by atoms with Crippen LogP contribution in [0.3, 0.4) is 0 Å². The molecule has 1 aromatic heterocycles. The van der Waals surface area contributed by atoms with Crippen LogP contribution in [-0.2, 0) is 9.47 Å². The SMILES string of the molecule is C[C@]12CC[C@H](OC(=O)NCCN3CCOCC3)C[C@@]1(O)CC[C@@H]1[C@@H]2CC[C@]2(C)[C@@H](c3ccc(=O)oc3)CC[C@]12O. The van der Waals surface area contributed by atoms with E-state index in [1.165, 1.54) is 6.07 Å². The summed E-state index contributed by atoms with van der Waals surface area (Å²) in [4.78, 5) is 26.4. The monoisotopic (exact) mass is 558 g/mol. The highest BCUT2D eigenvalue weighted by Crippen LogP contribution is 2.71. The summed E-state index contributed by atoms with van der Waals surface area (Å²) >= 11 is 0. The summed E-state index contributed by atoms with van der Waals surface area (Å²) in [6, 6.07) is 3.34. The van der Waals surface area contributed by atoms with Crippen molar-refractivity contribution in [1.29, 1.82) is 0 Å². The third kappa shape index (κ3) is 4.52. The van der Waals surface area contributed by atoms with Gasteiger partial charge < -0.3 is 29.4 Å². The third-order valence-electron chi connectivity index (χ3n) is 12.1. The molecule has 5 aliphatic rings. The fraction of sp³-hybridized carbons (Fsp3) is 0.806. The summed E-state index contributed by atoms with van der Waals surface area (Å²) in [5, 5.41) is 27.4. The van der Waals surface area contributed by atoms with E-state index in [1.54, 1.807) is 6.26 Å². The summed E-state index contributed by atoms with van der Waals surface area (Å²) in [6.45, 7) is 8.97. The Labute approximate surface area is 236 Å². The van der Waals surface area contributed by atoms with E-state index in [1.807, 2.05) is 6.07 Å². The van der Waals surface area contributed by atoms with Crippen LogP contribution in [0.1, 0.15) is 83.1 Å². The Morgan fingerprint density at radius 3 is 2.52 bits per heavy atom. The Morgan fingerprint density at radius 2 is 1.77 bits per heavy atom. The molecule has 1 aromatic rings. The van der Waals surface area contributed by atoms with Gasteiger partial charge in [0.1, 0.15) is 6.10 Å². The van der Waals surface area contributed by atoms with E-state index < -0.39 is 17.3 Å². The van der Waals surface area contributed by atoms with Gasteiger partial charge in [-0.3, -0.25) is 4.90 Å². The minimum Gasteiger partial charge on any atom is -0.446 e. The molecule has 5 fully saturated rings. The van der Waals surface area contributed by atoms with Gasteiger partial charge in [0.2, 0.25) is 0 Å². The fourth-order valence-electron chi connectivity index (χ4n) is 9.72. The van der Waals surface area contributed by atoms with Gasteiger partial charge in [-0.2, -0.15) is 0 Å². The lowest BCUT2D eigenvalue weighted by Crippen LogP contribution is -2.67. The van der Waals surface area contributed by atoms with Gasteiger partial charge in [0.15, 0.2) is 0 Å². The topological polar surface area (TPSA) is 121 Å². The third-order valence-corrected chi connectivity index (χ3v) is 12.1. The van der Waals surface area contributed by atoms with Gasteiger partial charge in [-0.05, 0) is 86.2 Å². The van der Waals surface area contributed by atoms with Crippen LogP contribution in [0.15, 0.2) is 27.6 Å². The molecule has 8 atom stereocenters. The molecule has 9 heteroatoms. The number of aliphatic hydroxyl groups is 2. The number of nitrogens with one attached hydrogen (secondary N) is 1. The van der Waals surface area contributed by atoms with Crippen molar-refractivity contribution in [3.8, 4) is 0 Å². The molecular weight excluding hydrogens is 512 g/mol. The minimum atomic E-state index is -0.921. The van der Waals surface area contributed by atoms with Crippen LogP contribution in [0.5, 0.6) is 0 Å². The summed E-state index contributed by atoms with van der Waals surface area (Å²) in [6.07, 6.45) is 7.58. The molecule has 9 nitrogen and oxygen atoms in total. The normalized spacial score (nSPS) is 43.3. The number of nitrogens with zero attached hydrogens (tertiary/aromatic N) is 1. The Hall–Kier alpha value is -1.94. The number of hydrogen-bond donors (Lipinski definition) is 3. The Bertz CT molecular complexity index is 1130. The van der Waals surface area contributed by atoms with Gasteiger partial charge in [0.05, 0.1) is 30.7 Å². The molecule has 40 heavy (non-hydrogen) atoms. The lowest BCUT2D eigenvalue weighted by molar-refractivity contribution is -0.253. The number of hydrogen-bond acceptors (Lipinski definition) is 8. The van der Waals surface area contributed by atoms with E-state index in [2.05, 4.69) is 24.1 Å². The Morgan fingerprint density at radius 1 is 1.02 bits per heavy atom. The molecule has 2 heterocycles.